The summed E-state index contributed by atoms with van der Waals surface area (Å²) in [7, 11) is 0. The number of pyridine rings is 1. The number of rotatable bonds is 4. The predicted octanol–water partition coefficient (Wildman–Crippen LogP) is 3.97. The minimum Gasteiger partial charge on any atom is -0.341 e. The number of imidazole rings is 1. The van der Waals surface area contributed by atoms with Crippen LogP contribution in [0, 0.1) is 12.7 Å². The molecule has 0 amide bonds. The van der Waals surface area contributed by atoms with Gasteiger partial charge in [-0.05, 0) is 38.3 Å². The number of aromatic nitrogens is 8. The molecule has 0 bridgehead atoms. The fourth-order valence-electron chi connectivity index (χ4n) is 5.14. The summed E-state index contributed by atoms with van der Waals surface area (Å²) in [6.07, 6.45) is 12.1. The van der Waals surface area contributed by atoms with Gasteiger partial charge >= 0.3 is 0 Å². The van der Waals surface area contributed by atoms with Crippen molar-refractivity contribution in [2.75, 3.05) is 4.90 Å². The van der Waals surface area contributed by atoms with Crippen LogP contribution in [0.5, 0.6) is 0 Å². The zero-order valence-corrected chi connectivity index (χ0v) is 18.6. The summed E-state index contributed by atoms with van der Waals surface area (Å²) in [4.78, 5) is 20.8. The Morgan fingerprint density at radius 2 is 1.91 bits per heavy atom. The van der Waals surface area contributed by atoms with Crippen molar-refractivity contribution in [3.63, 3.8) is 0 Å². The molecule has 9 nitrogen and oxygen atoms in total. The highest BCUT2D eigenvalue weighted by Gasteiger charge is 2.39. The number of hydrogen-bond acceptors (Lipinski definition) is 7. The fraction of sp³-hybridized carbons (Fsp3) is 0.391. The maximum Gasteiger partial charge on any atom is 0.237 e. The molecule has 4 aromatic heterocycles. The van der Waals surface area contributed by atoms with E-state index in [1.165, 1.54) is 25.1 Å². The van der Waals surface area contributed by atoms with E-state index in [0.29, 0.717) is 23.5 Å². The van der Waals surface area contributed by atoms with Gasteiger partial charge in [0.1, 0.15) is 23.0 Å². The van der Waals surface area contributed by atoms with Crippen LogP contribution in [0.25, 0.3) is 23.2 Å². The van der Waals surface area contributed by atoms with Crippen molar-refractivity contribution >= 4 is 5.82 Å². The first-order valence-electron chi connectivity index (χ1n) is 11.4. The predicted molar refractivity (Wildman–Crippen MR) is 120 cm³/mol. The molecule has 1 aliphatic carbocycles. The lowest BCUT2D eigenvalue weighted by atomic mass is 10.0. The van der Waals surface area contributed by atoms with Gasteiger partial charge in [0.15, 0.2) is 17.5 Å². The number of nitrogens with zero attached hydrogens (tertiary/aromatic N) is 9. The number of anilines is 1. The second-order valence-electron chi connectivity index (χ2n) is 8.57. The Bertz CT molecular complexity index is 1300. The summed E-state index contributed by atoms with van der Waals surface area (Å²) in [5.41, 5.74) is 1.45. The van der Waals surface area contributed by atoms with Crippen LogP contribution in [-0.4, -0.2) is 45.3 Å². The van der Waals surface area contributed by atoms with Gasteiger partial charge in [0.25, 0.3) is 0 Å². The molecule has 0 spiro atoms. The first-order valence-corrected chi connectivity index (χ1v) is 11.4. The van der Waals surface area contributed by atoms with Crippen LogP contribution in [0.3, 0.4) is 0 Å². The van der Waals surface area contributed by atoms with Gasteiger partial charge in [0.05, 0.1) is 18.4 Å². The van der Waals surface area contributed by atoms with Crippen molar-refractivity contribution in [2.45, 2.75) is 58.0 Å². The topological polar surface area (TPSA) is 90.4 Å². The molecule has 10 heteroatoms. The van der Waals surface area contributed by atoms with Crippen molar-refractivity contribution in [1.82, 2.24) is 39.3 Å². The molecule has 0 N–H and O–H groups in total. The van der Waals surface area contributed by atoms with Crippen LogP contribution in [0.1, 0.15) is 56.7 Å². The Morgan fingerprint density at radius 1 is 1.06 bits per heavy atom. The molecule has 0 unspecified atom stereocenters. The summed E-state index contributed by atoms with van der Waals surface area (Å²) < 4.78 is 17.3. The van der Waals surface area contributed by atoms with Gasteiger partial charge in [-0.15, -0.1) is 10.2 Å². The minimum atomic E-state index is -0.389. The summed E-state index contributed by atoms with van der Waals surface area (Å²) in [6.45, 7) is 4.14. The standard InChI is InChI=1S/C23H24FN9/c1-3-18-22-30-29-14(2)32(22)19-13-27-23(28-21(19)33(18)16-6-4-5-7-16)31-11-10-25-20(31)17-9-8-15(24)12-26-17/h8-13,16,18H,3-7H2,1-2H3/t18-/m1/s1. The van der Waals surface area contributed by atoms with Crippen LogP contribution < -0.4 is 4.90 Å². The Kier molecular flexibility index (Phi) is 4.67. The van der Waals surface area contributed by atoms with Crippen molar-refractivity contribution in [1.29, 1.82) is 0 Å². The van der Waals surface area contributed by atoms with Crippen molar-refractivity contribution < 1.29 is 4.39 Å². The Morgan fingerprint density at radius 3 is 2.67 bits per heavy atom. The highest BCUT2D eigenvalue weighted by molar-refractivity contribution is 5.64. The smallest absolute Gasteiger partial charge is 0.237 e. The van der Waals surface area contributed by atoms with E-state index in [0.717, 1.165) is 42.4 Å². The van der Waals surface area contributed by atoms with Crippen LogP contribution in [-0.2, 0) is 0 Å². The van der Waals surface area contributed by atoms with E-state index in [1.54, 1.807) is 23.0 Å². The van der Waals surface area contributed by atoms with Gasteiger partial charge < -0.3 is 4.90 Å². The maximum absolute atomic E-state index is 13.4. The van der Waals surface area contributed by atoms with Gasteiger partial charge in [-0.3, -0.25) is 9.13 Å². The van der Waals surface area contributed by atoms with E-state index in [4.69, 9.17) is 4.98 Å². The lowest BCUT2D eigenvalue weighted by molar-refractivity contribution is 0.467. The van der Waals surface area contributed by atoms with Crippen LogP contribution in [0.4, 0.5) is 10.2 Å². The van der Waals surface area contributed by atoms with Gasteiger partial charge in [-0.2, -0.15) is 4.98 Å². The fourth-order valence-corrected chi connectivity index (χ4v) is 5.14. The lowest BCUT2D eigenvalue weighted by Crippen LogP contribution is -2.42. The number of halogens is 1. The van der Waals surface area contributed by atoms with Crippen LogP contribution >= 0.6 is 0 Å². The molecule has 6 rings (SSSR count). The first-order chi connectivity index (χ1) is 16.2. The van der Waals surface area contributed by atoms with Gasteiger partial charge in [-0.1, -0.05) is 19.8 Å². The molecule has 1 fully saturated rings. The first kappa shape index (κ1) is 20.0. The molecule has 5 heterocycles. The molecule has 1 atom stereocenters. The third-order valence-electron chi connectivity index (χ3n) is 6.62. The molecule has 1 aliphatic heterocycles. The second kappa shape index (κ2) is 7.72. The third kappa shape index (κ3) is 3.12. The van der Waals surface area contributed by atoms with E-state index in [9.17, 15) is 4.39 Å². The quantitative estimate of drug-likeness (QED) is 0.469. The summed E-state index contributed by atoms with van der Waals surface area (Å²) in [5, 5.41) is 8.89. The molecule has 0 aromatic carbocycles. The average Bonchev–Trinajstić information content (AvgIpc) is 3.60. The molecule has 0 radical (unpaired) electrons. The van der Waals surface area contributed by atoms with Crippen molar-refractivity contribution in [3.8, 4) is 23.2 Å². The Hall–Kier alpha value is -3.69. The normalized spacial score (nSPS) is 17.9. The summed E-state index contributed by atoms with van der Waals surface area (Å²) in [5.74, 6) is 3.34. The average molecular weight is 446 g/mol. The Balaban J connectivity index is 1.52. The summed E-state index contributed by atoms with van der Waals surface area (Å²) >= 11 is 0. The second-order valence-corrected chi connectivity index (χ2v) is 8.57. The molecule has 33 heavy (non-hydrogen) atoms. The maximum atomic E-state index is 13.4. The number of fused-ring (bicyclic) bond motifs is 3. The Labute approximate surface area is 190 Å². The van der Waals surface area contributed by atoms with Crippen molar-refractivity contribution in [2.24, 2.45) is 0 Å². The van der Waals surface area contributed by atoms with Crippen LogP contribution in [0.15, 0.2) is 36.9 Å². The largest absolute Gasteiger partial charge is 0.341 e. The SMILES string of the molecule is CC[C@@H]1c2nnc(C)n2-c2cnc(-n3ccnc3-c3ccc(F)cn3)nc2N1C1CCCC1. The molecule has 4 aromatic rings. The molecule has 168 valence electrons. The lowest BCUT2D eigenvalue weighted by Gasteiger charge is -2.41. The summed E-state index contributed by atoms with van der Waals surface area (Å²) in [6, 6.07) is 3.49. The van der Waals surface area contributed by atoms with E-state index in [-0.39, 0.29) is 11.9 Å². The molecular weight excluding hydrogens is 421 g/mol. The highest BCUT2D eigenvalue weighted by atomic mass is 19.1. The van der Waals surface area contributed by atoms with E-state index < -0.39 is 0 Å². The molecule has 0 saturated heterocycles. The van der Waals surface area contributed by atoms with Crippen molar-refractivity contribution in [3.05, 3.63) is 54.4 Å². The van der Waals surface area contributed by atoms with Gasteiger partial charge in [0.2, 0.25) is 5.95 Å². The molecular formula is C23H24FN9. The highest BCUT2D eigenvalue weighted by Crippen LogP contribution is 2.43. The molecule has 2 aliphatic rings. The van der Waals surface area contributed by atoms with Crippen LogP contribution in [0.2, 0.25) is 0 Å². The number of aryl methyl sites for hydroxylation is 1. The monoisotopic (exact) mass is 445 g/mol. The number of hydrogen-bond donors (Lipinski definition) is 0. The van der Waals surface area contributed by atoms with E-state index in [1.807, 2.05) is 13.1 Å². The van der Waals surface area contributed by atoms with Gasteiger partial charge in [0, 0.05) is 18.4 Å². The minimum absolute atomic E-state index is 0.102. The zero-order valence-electron chi connectivity index (χ0n) is 18.6. The van der Waals surface area contributed by atoms with E-state index >= 15 is 0 Å². The third-order valence-corrected chi connectivity index (χ3v) is 6.62. The zero-order chi connectivity index (χ0) is 22.5. The van der Waals surface area contributed by atoms with E-state index in [2.05, 4.69) is 41.5 Å². The van der Waals surface area contributed by atoms with Gasteiger partial charge in [-0.25, -0.2) is 19.3 Å². The molecule has 1 saturated carbocycles.